The van der Waals surface area contributed by atoms with Crippen molar-refractivity contribution in [1.82, 2.24) is 14.4 Å². The number of aryl methyl sites for hydroxylation is 2. The number of benzene rings is 1. The third kappa shape index (κ3) is 2.47. The molecule has 24 heavy (non-hydrogen) atoms. The van der Waals surface area contributed by atoms with E-state index in [1.54, 1.807) is 23.7 Å². The first-order chi connectivity index (χ1) is 11.8. The van der Waals surface area contributed by atoms with Gasteiger partial charge in [0.2, 0.25) is 0 Å². The van der Waals surface area contributed by atoms with E-state index in [-0.39, 0.29) is 0 Å². The molecule has 3 aromatic heterocycles. The number of anilines is 2. The third-order valence-electron chi connectivity index (χ3n) is 4.21. The molecule has 4 aromatic rings. The summed E-state index contributed by atoms with van der Waals surface area (Å²) in [5.74, 6) is 0.981. The number of fused-ring (bicyclic) bond motifs is 1. The Labute approximate surface area is 144 Å². The highest BCUT2D eigenvalue weighted by molar-refractivity contribution is 7.08. The second-order valence-corrected chi connectivity index (χ2v) is 6.49. The van der Waals surface area contributed by atoms with E-state index in [2.05, 4.69) is 63.6 Å². The van der Waals surface area contributed by atoms with E-state index in [9.17, 15) is 0 Å². The van der Waals surface area contributed by atoms with E-state index in [1.165, 1.54) is 11.1 Å². The largest absolute Gasteiger partial charge is 0.339 e. The van der Waals surface area contributed by atoms with Crippen molar-refractivity contribution in [3.63, 3.8) is 0 Å². The molecule has 0 unspecified atom stereocenters. The number of rotatable bonds is 4. The van der Waals surface area contributed by atoms with Crippen LogP contribution in [0.1, 0.15) is 18.1 Å². The summed E-state index contributed by atoms with van der Waals surface area (Å²) < 4.78 is 2.06. The number of nitrogens with one attached hydrogen (secondary N) is 1. The van der Waals surface area contributed by atoms with Gasteiger partial charge < -0.3 is 5.32 Å². The van der Waals surface area contributed by atoms with Crippen LogP contribution in [-0.4, -0.2) is 14.4 Å². The summed E-state index contributed by atoms with van der Waals surface area (Å²) >= 11 is 1.68. The SMILES string of the molecule is CCc1cccc(C)c1Nc1c(-c2ccsc2)nc2cnccn12. The molecule has 0 bridgehead atoms. The highest BCUT2D eigenvalue weighted by atomic mass is 32.1. The van der Waals surface area contributed by atoms with Crippen LogP contribution in [0.2, 0.25) is 0 Å². The second-order valence-electron chi connectivity index (χ2n) is 5.71. The van der Waals surface area contributed by atoms with Crippen LogP contribution in [0, 0.1) is 6.92 Å². The molecule has 0 amide bonds. The number of imidazole rings is 1. The summed E-state index contributed by atoms with van der Waals surface area (Å²) in [4.78, 5) is 8.98. The van der Waals surface area contributed by atoms with Gasteiger partial charge in [0.25, 0.3) is 0 Å². The zero-order chi connectivity index (χ0) is 16.5. The summed E-state index contributed by atoms with van der Waals surface area (Å²) in [6, 6.07) is 8.52. The van der Waals surface area contributed by atoms with Gasteiger partial charge in [-0.15, -0.1) is 0 Å². The van der Waals surface area contributed by atoms with Crippen LogP contribution in [0.3, 0.4) is 0 Å². The summed E-state index contributed by atoms with van der Waals surface area (Å²) in [6.07, 6.45) is 6.51. The molecule has 120 valence electrons. The highest BCUT2D eigenvalue weighted by Gasteiger charge is 2.16. The lowest BCUT2D eigenvalue weighted by Gasteiger charge is -2.14. The number of hydrogen-bond donors (Lipinski definition) is 1. The van der Waals surface area contributed by atoms with Gasteiger partial charge in [-0.25, -0.2) is 4.98 Å². The van der Waals surface area contributed by atoms with Crippen molar-refractivity contribution in [3.8, 4) is 11.3 Å². The minimum absolute atomic E-state index is 0.841. The van der Waals surface area contributed by atoms with Crippen molar-refractivity contribution in [3.05, 3.63) is 64.7 Å². The lowest BCUT2D eigenvalue weighted by atomic mass is 10.1. The Kier molecular flexibility index (Phi) is 3.78. The van der Waals surface area contributed by atoms with E-state index in [1.807, 2.05) is 6.20 Å². The van der Waals surface area contributed by atoms with Crippen LogP contribution in [0.15, 0.2) is 53.6 Å². The Morgan fingerprint density at radius 2 is 2.17 bits per heavy atom. The molecule has 0 fully saturated rings. The fraction of sp³-hybridized carbons (Fsp3) is 0.158. The molecular weight excluding hydrogens is 316 g/mol. The number of aromatic nitrogens is 3. The summed E-state index contributed by atoms with van der Waals surface area (Å²) in [6.45, 7) is 4.31. The van der Waals surface area contributed by atoms with Gasteiger partial charge in [-0.2, -0.15) is 11.3 Å². The van der Waals surface area contributed by atoms with Crippen LogP contribution in [-0.2, 0) is 6.42 Å². The minimum Gasteiger partial charge on any atom is -0.339 e. The average molecular weight is 334 g/mol. The smallest absolute Gasteiger partial charge is 0.157 e. The molecule has 0 aliphatic heterocycles. The van der Waals surface area contributed by atoms with E-state index < -0.39 is 0 Å². The van der Waals surface area contributed by atoms with Gasteiger partial charge in [0.05, 0.1) is 6.20 Å². The van der Waals surface area contributed by atoms with Gasteiger partial charge in [0.15, 0.2) is 5.65 Å². The molecule has 4 rings (SSSR count). The van der Waals surface area contributed by atoms with Gasteiger partial charge in [0.1, 0.15) is 11.5 Å². The molecule has 0 atom stereocenters. The molecule has 1 N–H and O–H groups in total. The van der Waals surface area contributed by atoms with E-state index >= 15 is 0 Å². The second kappa shape index (κ2) is 6.09. The van der Waals surface area contributed by atoms with E-state index in [0.29, 0.717) is 0 Å². The van der Waals surface area contributed by atoms with Crippen LogP contribution in [0.5, 0.6) is 0 Å². The van der Waals surface area contributed by atoms with Crippen molar-refractivity contribution in [2.45, 2.75) is 20.3 Å². The first kappa shape index (κ1) is 14.9. The molecule has 0 aliphatic carbocycles. The monoisotopic (exact) mass is 334 g/mol. The van der Waals surface area contributed by atoms with E-state index in [0.717, 1.165) is 34.8 Å². The Morgan fingerprint density at radius 1 is 1.25 bits per heavy atom. The predicted octanol–water partition coefficient (Wildman–Crippen LogP) is 5.07. The fourth-order valence-corrected chi connectivity index (χ4v) is 3.59. The van der Waals surface area contributed by atoms with Gasteiger partial charge in [-0.1, -0.05) is 25.1 Å². The first-order valence-corrected chi connectivity index (χ1v) is 8.92. The molecular formula is C19H18N4S. The topological polar surface area (TPSA) is 42.2 Å². The number of hydrogen-bond acceptors (Lipinski definition) is 4. The standard InChI is InChI=1S/C19H18N4S/c1-3-14-6-4-5-13(2)17(14)22-19-18(15-7-10-24-12-15)21-16-11-20-8-9-23(16)19/h4-12,22H,3H2,1-2H3. The number of thiophene rings is 1. The summed E-state index contributed by atoms with van der Waals surface area (Å²) in [7, 11) is 0. The number of para-hydroxylation sites is 1. The minimum atomic E-state index is 0.841. The van der Waals surface area contributed by atoms with Crippen molar-refractivity contribution >= 4 is 28.5 Å². The third-order valence-corrected chi connectivity index (χ3v) is 4.89. The van der Waals surface area contributed by atoms with E-state index in [4.69, 9.17) is 4.98 Å². The lowest BCUT2D eigenvalue weighted by molar-refractivity contribution is 1.11. The molecule has 0 saturated heterocycles. The maximum absolute atomic E-state index is 4.78. The highest BCUT2D eigenvalue weighted by Crippen LogP contribution is 2.34. The van der Waals surface area contributed by atoms with Crippen molar-refractivity contribution in [2.24, 2.45) is 0 Å². The number of nitrogens with zero attached hydrogens (tertiary/aromatic N) is 3. The normalized spacial score (nSPS) is 11.1. The van der Waals surface area contributed by atoms with Gasteiger partial charge in [0, 0.05) is 29.0 Å². The molecule has 1 aromatic carbocycles. The molecule has 3 heterocycles. The molecule has 5 heteroatoms. The Morgan fingerprint density at radius 3 is 2.96 bits per heavy atom. The van der Waals surface area contributed by atoms with Gasteiger partial charge >= 0.3 is 0 Å². The molecule has 0 saturated carbocycles. The van der Waals surface area contributed by atoms with Crippen molar-refractivity contribution in [2.75, 3.05) is 5.32 Å². The Bertz CT molecular complexity index is 986. The molecule has 0 radical (unpaired) electrons. The molecule has 0 spiro atoms. The Balaban J connectivity index is 1.92. The Hall–Kier alpha value is -2.66. The summed E-state index contributed by atoms with van der Waals surface area (Å²) in [5.41, 5.74) is 6.61. The maximum Gasteiger partial charge on any atom is 0.157 e. The fourth-order valence-electron chi connectivity index (χ4n) is 2.95. The van der Waals surface area contributed by atoms with Crippen molar-refractivity contribution < 1.29 is 0 Å². The zero-order valence-electron chi connectivity index (χ0n) is 13.7. The van der Waals surface area contributed by atoms with Gasteiger partial charge in [-0.3, -0.25) is 9.38 Å². The van der Waals surface area contributed by atoms with Crippen LogP contribution < -0.4 is 5.32 Å². The first-order valence-electron chi connectivity index (χ1n) is 7.98. The molecule has 4 nitrogen and oxygen atoms in total. The zero-order valence-corrected chi connectivity index (χ0v) is 14.5. The quantitative estimate of drug-likeness (QED) is 0.566. The van der Waals surface area contributed by atoms with Gasteiger partial charge in [-0.05, 0) is 35.9 Å². The predicted molar refractivity (Wildman–Crippen MR) is 100 cm³/mol. The average Bonchev–Trinajstić information content (AvgIpc) is 3.24. The molecule has 0 aliphatic rings. The summed E-state index contributed by atoms with van der Waals surface area (Å²) in [5, 5.41) is 7.85. The lowest BCUT2D eigenvalue weighted by Crippen LogP contribution is -2.01. The van der Waals surface area contributed by atoms with Crippen LogP contribution in [0.4, 0.5) is 11.5 Å². The van der Waals surface area contributed by atoms with Crippen LogP contribution >= 0.6 is 11.3 Å². The van der Waals surface area contributed by atoms with Crippen LogP contribution in [0.25, 0.3) is 16.9 Å². The maximum atomic E-state index is 4.78. The van der Waals surface area contributed by atoms with Crippen molar-refractivity contribution in [1.29, 1.82) is 0 Å².